The van der Waals surface area contributed by atoms with Gasteiger partial charge < -0.3 is 5.32 Å². The maximum absolute atomic E-state index is 12.9. The van der Waals surface area contributed by atoms with Crippen molar-refractivity contribution in [2.24, 2.45) is 5.92 Å². The zero-order chi connectivity index (χ0) is 20.9. The summed E-state index contributed by atoms with van der Waals surface area (Å²) in [5.74, 6) is 0.419. The third-order valence-electron chi connectivity index (χ3n) is 6.30. The monoisotopic (exact) mass is 470 g/mol. The molecular weight excluding hydrogens is 443 g/mol. The van der Waals surface area contributed by atoms with Crippen molar-refractivity contribution in [3.8, 4) is 0 Å². The third-order valence-corrected chi connectivity index (χ3v) is 6.79. The first-order chi connectivity index (χ1) is 14.5. The summed E-state index contributed by atoms with van der Waals surface area (Å²) in [7, 11) is 0. The zero-order valence-corrected chi connectivity index (χ0v) is 18.7. The summed E-state index contributed by atoms with van der Waals surface area (Å²) in [6.45, 7) is 3.27. The molecule has 1 saturated carbocycles. The molecule has 158 valence electrons. The number of amides is 1. The van der Waals surface area contributed by atoms with E-state index in [0.717, 1.165) is 48.4 Å². The second-order valence-corrected chi connectivity index (χ2v) is 9.44. The number of rotatable bonds is 6. The smallest absolute Gasteiger partial charge is 0.244 e. The van der Waals surface area contributed by atoms with Gasteiger partial charge in [0.05, 0.1) is 0 Å². The summed E-state index contributed by atoms with van der Waals surface area (Å²) in [5, 5.41) is 3.12. The van der Waals surface area contributed by atoms with Gasteiger partial charge in [0, 0.05) is 29.7 Å². The van der Waals surface area contributed by atoms with Crippen molar-refractivity contribution in [1.82, 2.24) is 10.2 Å². The number of benzene rings is 2. The number of carbonyl (C=O) groups excluding carboxylic acids is 1. The van der Waals surface area contributed by atoms with Crippen LogP contribution in [0.5, 0.6) is 0 Å². The van der Waals surface area contributed by atoms with Gasteiger partial charge in [-0.05, 0) is 91.6 Å². The first kappa shape index (κ1) is 21.3. The molecule has 0 unspecified atom stereocenters. The van der Waals surface area contributed by atoms with Crippen molar-refractivity contribution in [3.05, 3.63) is 75.5 Å². The van der Waals surface area contributed by atoms with E-state index < -0.39 is 0 Å². The average Bonchev–Trinajstić information content (AvgIpc) is 3.15. The lowest BCUT2D eigenvalue weighted by Gasteiger charge is -2.30. The summed E-state index contributed by atoms with van der Waals surface area (Å²) in [5.41, 5.74) is 3.73. The first-order valence-corrected chi connectivity index (χ1v) is 11.6. The Morgan fingerprint density at radius 2 is 1.80 bits per heavy atom. The van der Waals surface area contributed by atoms with Crippen molar-refractivity contribution >= 4 is 27.9 Å². The number of hydrogen-bond donors (Lipinski definition) is 1. The van der Waals surface area contributed by atoms with E-state index in [2.05, 4.69) is 44.3 Å². The van der Waals surface area contributed by atoms with Gasteiger partial charge in [0.25, 0.3) is 0 Å². The fraction of sp³-hybridized carbons (Fsp3) is 0.400. The number of nitrogens with zero attached hydrogens (tertiary/aromatic N) is 1. The molecule has 0 spiro atoms. The maximum Gasteiger partial charge on any atom is 0.244 e. The van der Waals surface area contributed by atoms with Gasteiger partial charge in [-0.2, -0.15) is 0 Å². The zero-order valence-electron chi connectivity index (χ0n) is 17.1. The lowest BCUT2D eigenvalue weighted by atomic mass is 9.84. The molecular formula is C25H28BrFN2O. The Labute approximate surface area is 186 Å². The maximum atomic E-state index is 12.9. The Morgan fingerprint density at radius 1 is 1.07 bits per heavy atom. The Balaban J connectivity index is 1.15. The molecule has 1 fully saturated rings. The lowest BCUT2D eigenvalue weighted by molar-refractivity contribution is -0.117. The highest BCUT2D eigenvalue weighted by Crippen LogP contribution is 2.30. The number of fused-ring (bicyclic) bond motifs is 1. The van der Waals surface area contributed by atoms with E-state index in [1.807, 2.05) is 0 Å². The van der Waals surface area contributed by atoms with E-state index in [9.17, 15) is 9.18 Å². The summed E-state index contributed by atoms with van der Waals surface area (Å²) >= 11 is 3.57. The first-order valence-electron chi connectivity index (χ1n) is 10.8. The molecule has 1 amide bonds. The van der Waals surface area contributed by atoms with E-state index in [1.54, 1.807) is 24.3 Å². The molecule has 1 heterocycles. The van der Waals surface area contributed by atoms with Crippen LogP contribution >= 0.6 is 15.9 Å². The molecule has 4 rings (SSSR count). The van der Waals surface area contributed by atoms with Gasteiger partial charge in [-0.25, -0.2) is 4.39 Å². The Hall–Kier alpha value is -1.98. The molecule has 1 aliphatic carbocycles. The molecule has 0 aromatic heterocycles. The van der Waals surface area contributed by atoms with Crippen LogP contribution in [0.25, 0.3) is 6.08 Å². The van der Waals surface area contributed by atoms with Crippen molar-refractivity contribution < 1.29 is 9.18 Å². The molecule has 2 aliphatic rings. The standard InChI is InChI=1S/C25H28BrFN2O/c26-22-7-6-20-16-29(17-21(20)15-22)14-13-19-3-10-24(11-4-19)28-25(30)12-5-18-1-8-23(27)9-2-18/h1-2,5-9,12,15,19,24H,3-4,10-11,13-14,16-17H2,(H,28,30)/b12-5+. The molecule has 2 aromatic rings. The van der Waals surface area contributed by atoms with Crippen LogP contribution in [0.1, 0.15) is 48.8 Å². The molecule has 2 aromatic carbocycles. The lowest BCUT2D eigenvalue weighted by Crippen LogP contribution is -2.37. The van der Waals surface area contributed by atoms with Gasteiger partial charge >= 0.3 is 0 Å². The topological polar surface area (TPSA) is 32.3 Å². The summed E-state index contributed by atoms with van der Waals surface area (Å²) < 4.78 is 14.1. The fourth-order valence-corrected chi connectivity index (χ4v) is 4.96. The molecule has 30 heavy (non-hydrogen) atoms. The Bertz CT molecular complexity index is 904. The van der Waals surface area contributed by atoms with E-state index >= 15 is 0 Å². The number of halogens is 2. The number of hydrogen-bond acceptors (Lipinski definition) is 2. The van der Waals surface area contributed by atoms with Gasteiger partial charge in [-0.3, -0.25) is 9.69 Å². The van der Waals surface area contributed by atoms with Gasteiger partial charge in [-0.1, -0.05) is 34.1 Å². The van der Waals surface area contributed by atoms with Crippen LogP contribution in [-0.4, -0.2) is 23.4 Å². The minimum absolute atomic E-state index is 0.0660. The van der Waals surface area contributed by atoms with Crippen LogP contribution in [0, 0.1) is 11.7 Å². The van der Waals surface area contributed by atoms with Crippen LogP contribution in [0.2, 0.25) is 0 Å². The van der Waals surface area contributed by atoms with Gasteiger partial charge in [-0.15, -0.1) is 0 Å². The highest BCUT2D eigenvalue weighted by molar-refractivity contribution is 9.10. The van der Waals surface area contributed by atoms with E-state index in [0.29, 0.717) is 0 Å². The highest BCUT2D eigenvalue weighted by Gasteiger charge is 2.24. The minimum atomic E-state index is -0.268. The Morgan fingerprint density at radius 3 is 2.57 bits per heavy atom. The quantitative estimate of drug-likeness (QED) is 0.550. The molecule has 0 saturated heterocycles. The highest BCUT2D eigenvalue weighted by atomic mass is 79.9. The average molecular weight is 471 g/mol. The van der Waals surface area contributed by atoms with Crippen LogP contribution in [0.3, 0.4) is 0 Å². The van der Waals surface area contributed by atoms with Crippen molar-refractivity contribution in [3.63, 3.8) is 0 Å². The molecule has 0 radical (unpaired) electrons. The molecule has 5 heteroatoms. The SMILES string of the molecule is O=C(/C=C/c1ccc(F)cc1)NC1CCC(CCN2Cc3ccc(Br)cc3C2)CC1. The summed E-state index contributed by atoms with van der Waals surface area (Å²) in [6.07, 6.45) is 8.97. The van der Waals surface area contributed by atoms with E-state index in [-0.39, 0.29) is 17.8 Å². The van der Waals surface area contributed by atoms with E-state index in [1.165, 1.54) is 42.5 Å². The molecule has 1 aliphatic heterocycles. The van der Waals surface area contributed by atoms with Crippen molar-refractivity contribution in [2.45, 2.75) is 51.2 Å². The molecule has 0 bridgehead atoms. The van der Waals surface area contributed by atoms with Crippen LogP contribution in [0.15, 0.2) is 53.0 Å². The number of nitrogens with one attached hydrogen (secondary N) is 1. The van der Waals surface area contributed by atoms with Gasteiger partial charge in [0.1, 0.15) is 5.82 Å². The summed E-state index contributed by atoms with van der Waals surface area (Å²) in [6, 6.07) is 13.0. The fourth-order valence-electron chi connectivity index (χ4n) is 4.55. The van der Waals surface area contributed by atoms with E-state index in [4.69, 9.17) is 0 Å². The largest absolute Gasteiger partial charge is 0.350 e. The van der Waals surface area contributed by atoms with Crippen molar-refractivity contribution in [2.75, 3.05) is 6.54 Å². The normalized spacial score (nSPS) is 21.7. The van der Waals surface area contributed by atoms with Crippen LogP contribution < -0.4 is 5.32 Å². The second kappa shape index (κ2) is 9.88. The predicted molar refractivity (Wildman–Crippen MR) is 122 cm³/mol. The van der Waals surface area contributed by atoms with Gasteiger partial charge in [0.15, 0.2) is 0 Å². The van der Waals surface area contributed by atoms with Crippen LogP contribution in [-0.2, 0) is 17.9 Å². The molecule has 0 atom stereocenters. The second-order valence-electron chi connectivity index (χ2n) is 8.52. The number of carbonyl (C=O) groups is 1. The van der Waals surface area contributed by atoms with Crippen LogP contribution in [0.4, 0.5) is 4.39 Å². The minimum Gasteiger partial charge on any atom is -0.350 e. The third kappa shape index (κ3) is 5.79. The van der Waals surface area contributed by atoms with Gasteiger partial charge in [0.2, 0.25) is 5.91 Å². The Kier molecular flexibility index (Phi) is 7.00. The molecule has 3 nitrogen and oxygen atoms in total. The molecule has 1 N–H and O–H groups in total. The van der Waals surface area contributed by atoms with Crippen molar-refractivity contribution in [1.29, 1.82) is 0 Å². The summed E-state index contributed by atoms with van der Waals surface area (Å²) in [4.78, 5) is 14.7. The predicted octanol–water partition coefficient (Wildman–Crippen LogP) is 5.68.